The van der Waals surface area contributed by atoms with Crippen molar-refractivity contribution in [3.05, 3.63) is 17.4 Å². The maximum absolute atomic E-state index is 5.33. The van der Waals surface area contributed by atoms with Crippen LogP contribution < -0.4 is 0 Å². The second-order valence-corrected chi connectivity index (χ2v) is 3.12. The Kier molecular flexibility index (Phi) is 3.45. The third-order valence-electron chi connectivity index (χ3n) is 0.974. The highest BCUT2D eigenvalue weighted by molar-refractivity contribution is 7.99. The van der Waals surface area contributed by atoms with Gasteiger partial charge < -0.3 is 0 Å². The first-order valence-electron chi connectivity index (χ1n) is 3.10. The minimum atomic E-state index is 0.761. The van der Waals surface area contributed by atoms with E-state index >= 15 is 0 Å². The summed E-state index contributed by atoms with van der Waals surface area (Å²) in [5.74, 6) is 1.64. The second-order valence-electron chi connectivity index (χ2n) is 1.88. The molecule has 0 saturated carbocycles. The summed E-state index contributed by atoms with van der Waals surface area (Å²) in [5.41, 5.74) is 1.49. The molecule has 1 aromatic rings. The quantitative estimate of drug-likeness (QED) is 0.740. The zero-order valence-corrected chi connectivity index (χ0v) is 7.61. The summed E-state index contributed by atoms with van der Waals surface area (Å²) in [7, 11) is 0. The van der Waals surface area contributed by atoms with Crippen molar-refractivity contribution in [2.75, 3.05) is 5.75 Å². The molecule has 0 fully saturated rings. The van der Waals surface area contributed by atoms with Crippen molar-refractivity contribution in [2.24, 2.45) is 0 Å². The van der Waals surface area contributed by atoms with Gasteiger partial charge in [0, 0.05) is 11.3 Å². The first-order valence-corrected chi connectivity index (χ1v) is 4.52. The Labute approximate surface area is 74.2 Å². The van der Waals surface area contributed by atoms with Crippen molar-refractivity contribution in [1.29, 1.82) is 0 Å². The van der Waals surface area contributed by atoms with E-state index in [2.05, 4.69) is 15.2 Å². The highest BCUT2D eigenvalue weighted by Crippen LogP contribution is 2.11. The average Bonchev–Trinajstić information content (AvgIpc) is 2.37. The largest absolute Gasteiger partial charge is 0.262 e. The molecule has 0 aromatic carbocycles. The van der Waals surface area contributed by atoms with Gasteiger partial charge in [-0.15, -0.1) is 5.10 Å². The summed E-state index contributed by atoms with van der Waals surface area (Å²) >= 11 is 6.87. The highest BCUT2D eigenvalue weighted by Gasteiger charge is 1.96. The first-order chi connectivity index (χ1) is 5.33. The molecule has 1 heterocycles. The van der Waals surface area contributed by atoms with Crippen LogP contribution in [-0.4, -0.2) is 20.9 Å². The lowest BCUT2D eigenvalue weighted by Gasteiger charge is -1.85. The van der Waals surface area contributed by atoms with Crippen LogP contribution in [0.5, 0.6) is 0 Å². The molecular formula is C6H8ClN3S. The molecule has 11 heavy (non-hydrogen) atoms. The molecule has 60 valence electrons. The molecule has 3 nitrogen and oxygen atoms in total. The predicted molar refractivity (Wildman–Crippen MR) is 46.8 cm³/mol. The number of hydrogen-bond acceptors (Lipinski definition) is 3. The summed E-state index contributed by atoms with van der Waals surface area (Å²) in [6.07, 6.45) is 1.85. The van der Waals surface area contributed by atoms with E-state index in [1.165, 1.54) is 5.54 Å². The van der Waals surface area contributed by atoms with Crippen LogP contribution >= 0.6 is 23.4 Å². The van der Waals surface area contributed by atoms with E-state index in [0.717, 1.165) is 16.7 Å². The third-order valence-corrected chi connectivity index (χ3v) is 1.95. The lowest BCUT2D eigenvalue weighted by molar-refractivity contribution is 0.971. The molecule has 1 N–H and O–H groups in total. The molecule has 0 saturated heterocycles. The number of hydrogen-bond donors (Lipinski definition) is 1. The number of H-pyrrole nitrogens is 1. The number of nitrogens with one attached hydrogen (secondary N) is 1. The van der Waals surface area contributed by atoms with Gasteiger partial charge >= 0.3 is 0 Å². The fourth-order valence-corrected chi connectivity index (χ4v) is 1.39. The molecule has 1 aromatic heterocycles. The van der Waals surface area contributed by atoms with Crippen molar-refractivity contribution in [2.45, 2.75) is 12.1 Å². The summed E-state index contributed by atoms with van der Waals surface area (Å²) < 4.78 is 0. The summed E-state index contributed by atoms with van der Waals surface area (Å²) in [4.78, 5) is 4.10. The third kappa shape index (κ3) is 2.95. The normalized spacial score (nSPS) is 11.1. The van der Waals surface area contributed by atoms with Crippen LogP contribution in [0.25, 0.3) is 0 Å². The number of halogens is 1. The Morgan fingerprint density at radius 1 is 1.73 bits per heavy atom. The molecule has 0 aliphatic carbocycles. The van der Waals surface area contributed by atoms with Gasteiger partial charge in [0.05, 0.1) is 0 Å². The van der Waals surface area contributed by atoms with E-state index in [0.29, 0.717) is 0 Å². The molecule has 0 bridgehead atoms. The van der Waals surface area contributed by atoms with E-state index in [1.54, 1.807) is 11.8 Å². The number of aryl methyl sites for hydroxylation is 1. The predicted octanol–water partition coefficient (Wildman–Crippen LogP) is 1.96. The van der Waals surface area contributed by atoms with Crippen molar-refractivity contribution in [3.8, 4) is 0 Å². The van der Waals surface area contributed by atoms with Crippen LogP contribution in [0.3, 0.4) is 0 Å². The lowest BCUT2D eigenvalue weighted by Crippen LogP contribution is -1.75. The fourth-order valence-electron chi connectivity index (χ4n) is 0.546. The Morgan fingerprint density at radius 3 is 3.09 bits per heavy atom. The Balaban J connectivity index is 2.38. The van der Waals surface area contributed by atoms with Crippen LogP contribution in [0.2, 0.25) is 0 Å². The van der Waals surface area contributed by atoms with E-state index in [1.807, 2.05) is 13.0 Å². The van der Waals surface area contributed by atoms with Gasteiger partial charge in [-0.3, -0.25) is 5.10 Å². The minimum Gasteiger partial charge on any atom is -0.262 e. The van der Waals surface area contributed by atoms with Gasteiger partial charge in [-0.25, -0.2) is 4.98 Å². The molecular weight excluding hydrogens is 182 g/mol. The molecule has 0 aliphatic heterocycles. The minimum absolute atomic E-state index is 0.761. The number of nitrogens with zero attached hydrogens (tertiary/aromatic N) is 2. The van der Waals surface area contributed by atoms with E-state index in [4.69, 9.17) is 11.6 Å². The number of rotatable bonds is 3. The van der Waals surface area contributed by atoms with Crippen molar-refractivity contribution in [3.63, 3.8) is 0 Å². The van der Waals surface area contributed by atoms with Gasteiger partial charge in [-0.05, 0) is 6.92 Å². The maximum Gasteiger partial charge on any atom is 0.208 e. The molecule has 0 aliphatic rings. The smallest absolute Gasteiger partial charge is 0.208 e. The first kappa shape index (κ1) is 8.62. The Bertz CT molecular complexity index is 246. The van der Waals surface area contributed by atoms with Crippen molar-refractivity contribution >= 4 is 23.4 Å². The van der Waals surface area contributed by atoms with Crippen LogP contribution in [0.4, 0.5) is 0 Å². The van der Waals surface area contributed by atoms with E-state index in [9.17, 15) is 0 Å². The monoisotopic (exact) mass is 189 g/mol. The van der Waals surface area contributed by atoms with Gasteiger partial charge in [0.2, 0.25) is 5.16 Å². The van der Waals surface area contributed by atoms with Gasteiger partial charge in [-0.2, -0.15) is 0 Å². The topological polar surface area (TPSA) is 41.6 Å². The van der Waals surface area contributed by atoms with Gasteiger partial charge in [0.25, 0.3) is 0 Å². The van der Waals surface area contributed by atoms with Crippen LogP contribution in [0, 0.1) is 6.92 Å². The summed E-state index contributed by atoms with van der Waals surface area (Å²) in [5, 5.41) is 7.46. The number of thioether (sulfide) groups is 1. The number of aromatic nitrogens is 3. The Hall–Kier alpha value is -0.480. The second kappa shape index (κ2) is 4.41. The van der Waals surface area contributed by atoms with E-state index in [-0.39, 0.29) is 0 Å². The summed E-state index contributed by atoms with van der Waals surface area (Å²) in [6.45, 7) is 1.87. The molecule has 0 radical (unpaired) electrons. The van der Waals surface area contributed by atoms with Gasteiger partial charge in [0.15, 0.2) is 0 Å². The fraction of sp³-hybridized carbons (Fsp3) is 0.333. The molecule has 5 heteroatoms. The molecule has 0 atom stereocenters. The van der Waals surface area contributed by atoms with Crippen LogP contribution in [0.15, 0.2) is 16.8 Å². The van der Waals surface area contributed by atoms with Crippen LogP contribution in [0.1, 0.15) is 5.82 Å². The molecule has 0 amide bonds. The maximum atomic E-state index is 5.33. The molecule has 0 spiro atoms. The number of aromatic amines is 1. The zero-order valence-electron chi connectivity index (χ0n) is 6.04. The summed E-state index contributed by atoms with van der Waals surface area (Å²) in [6, 6.07) is 0. The SMILES string of the molecule is Cc1nc(SC/C=C/Cl)n[nH]1. The standard InChI is InChI=1S/C6H8ClN3S/c1-5-8-6(10-9-5)11-4-2-3-7/h2-3H,4H2,1H3,(H,8,9,10)/b3-2+. The molecule has 1 rings (SSSR count). The van der Waals surface area contributed by atoms with Crippen LogP contribution in [-0.2, 0) is 0 Å². The van der Waals surface area contributed by atoms with E-state index < -0.39 is 0 Å². The van der Waals surface area contributed by atoms with Crippen molar-refractivity contribution in [1.82, 2.24) is 15.2 Å². The highest BCUT2D eigenvalue weighted by atomic mass is 35.5. The zero-order chi connectivity index (χ0) is 8.10. The Morgan fingerprint density at radius 2 is 2.55 bits per heavy atom. The lowest BCUT2D eigenvalue weighted by atomic mass is 10.8. The van der Waals surface area contributed by atoms with Gasteiger partial charge in [-0.1, -0.05) is 29.4 Å². The average molecular weight is 190 g/mol. The van der Waals surface area contributed by atoms with Crippen molar-refractivity contribution < 1.29 is 0 Å². The van der Waals surface area contributed by atoms with Gasteiger partial charge in [0.1, 0.15) is 5.82 Å². The molecule has 0 unspecified atom stereocenters.